The fourth-order valence-electron chi connectivity index (χ4n) is 3.12. The Bertz CT molecular complexity index is 1270. The zero-order valence-electron chi connectivity index (χ0n) is 19.7. The van der Waals surface area contributed by atoms with Gasteiger partial charge in [0.1, 0.15) is 11.4 Å². The van der Waals surface area contributed by atoms with Crippen molar-refractivity contribution < 1.29 is 23.5 Å². The molecule has 35 heavy (non-hydrogen) atoms. The normalized spacial score (nSPS) is 11.0. The number of carbonyl (C=O) groups excluding carboxylic acids is 3. The van der Waals surface area contributed by atoms with E-state index < -0.39 is 35.6 Å². The van der Waals surface area contributed by atoms with Crippen molar-refractivity contribution in [3.8, 4) is 11.1 Å². The van der Waals surface area contributed by atoms with Gasteiger partial charge in [-0.2, -0.15) is 0 Å². The van der Waals surface area contributed by atoms with Gasteiger partial charge in [-0.3, -0.25) is 19.9 Å². The average Bonchev–Trinajstić information content (AvgIpc) is 2.76. The molecule has 3 rings (SSSR count). The molecule has 0 aliphatic carbocycles. The van der Waals surface area contributed by atoms with E-state index >= 15 is 0 Å². The molecule has 0 radical (unpaired) electrons. The van der Waals surface area contributed by atoms with Gasteiger partial charge in [-0.05, 0) is 51.5 Å². The summed E-state index contributed by atoms with van der Waals surface area (Å²) < 4.78 is 19.2. The van der Waals surface area contributed by atoms with E-state index in [-0.39, 0.29) is 16.4 Å². The Kier molecular flexibility index (Phi) is 7.86. The molecule has 0 saturated heterocycles. The van der Waals surface area contributed by atoms with Gasteiger partial charge in [0.15, 0.2) is 5.78 Å². The molecule has 0 atom stereocenters. The molecule has 3 aromatic rings. The molecule has 9 heteroatoms. The van der Waals surface area contributed by atoms with Gasteiger partial charge < -0.3 is 10.1 Å². The molecular weight excluding hydrogens is 473 g/mol. The summed E-state index contributed by atoms with van der Waals surface area (Å²) in [5, 5.41) is 4.64. The van der Waals surface area contributed by atoms with Crippen LogP contribution in [0.4, 0.5) is 20.6 Å². The molecule has 1 aromatic heterocycles. The largest absolute Gasteiger partial charge is 0.444 e. The molecular formula is C26H25ClFN3O4. The summed E-state index contributed by atoms with van der Waals surface area (Å²) >= 11 is 5.86. The predicted octanol–water partition coefficient (Wildman–Crippen LogP) is 6.41. The minimum Gasteiger partial charge on any atom is -0.444 e. The number of carbonyl (C=O) groups is 3. The first-order chi connectivity index (χ1) is 16.4. The van der Waals surface area contributed by atoms with Crippen LogP contribution in [0.15, 0.2) is 54.7 Å². The number of hydrogen-bond acceptors (Lipinski definition) is 5. The number of aryl methyl sites for hydroxylation is 1. The Morgan fingerprint density at radius 3 is 2.37 bits per heavy atom. The van der Waals surface area contributed by atoms with Gasteiger partial charge in [-0.25, -0.2) is 9.18 Å². The number of halogens is 2. The van der Waals surface area contributed by atoms with E-state index in [1.54, 1.807) is 45.2 Å². The van der Waals surface area contributed by atoms with Gasteiger partial charge in [0, 0.05) is 29.1 Å². The molecule has 0 aliphatic rings. The van der Waals surface area contributed by atoms with E-state index in [0.717, 1.165) is 29.0 Å². The van der Waals surface area contributed by atoms with Crippen molar-refractivity contribution in [3.63, 3.8) is 0 Å². The first-order valence-corrected chi connectivity index (χ1v) is 11.1. The van der Waals surface area contributed by atoms with Crippen molar-refractivity contribution in [2.45, 2.75) is 39.7 Å². The van der Waals surface area contributed by atoms with Gasteiger partial charge in [0.05, 0.1) is 22.8 Å². The lowest BCUT2D eigenvalue weighted by Gasteiger charge is -2.20. The Labute approximate surface area is 207 Å². The van der Waals surface area contributed by atoms with Gasteiger partial charge in [-0.15, -0.1) is 0 Å². The molecule has 182 valence electrons. The highest BCUT2D eigenvalue weighted by Crippen LogP contribution is 2.29. The van der Waals surface area contributed by atoms with Crippen molar-refractivity contribution in [2.24, 2.45) is 0 Å². The average molecular weight is 498 g/mol. The highest BCUT2D eigenvalue weighted by atomic mass is 35.5. The lowest BCUT2D eigenvalue weighted by atomic mass is 10.0. The molecule has 0 saturated carbocycles. The van der Waals surface area contributed by atoms with Crippen LogP contribution >= 0.6 is 11.6 Å². The number of nitrogens with zero attached hydrogens (tertiary/aromatic N) is 1. The maximum atomic E-state index is 14.0. The van der Waals surface area contributed by atoms with Crippen LogP contribution in [-0.2, 0) is 9.53 Å². The molecule has 2 N–H and O–H groups in total. The molecule has 0 fully saturated rings. The predicted molar refractivity (Wildman–Crippen MR) is 133 cm³/mol. The van der Waals surface area contributed by atoms with Crippen molar-refractivity contribution in [1.29, 1.82) is 0 Å². The molecule has 2 aromatic carbocycles. The third-order valence-electron chi connectivity index (χ3n) is 4.72. The molecule has 1 heterocycles. The lowest BCUT2D eigenvalue weighted by molar-refractivity contribution is -0.115. The standard InChI is InChI=1S/C26H25ClFN3O4/c1-15-8-9-18(14-29-15)16-6-5-7-17(10-16)23(32)13-24(33)30-21-11-19(27)20(28)12-22(21)31-25(34)35-26(2,3)4/h5-12,14H,13H2,1-4H3,(H,30,33)(H,31,34). The molecule has 2 amide bonds. The van der Waals surface area contributed by atoms with Gasteiger partial charge in [-0.1, -0.05) is 35.9 Å². The van der Waals surface area contributed by atoms with Crippen LogP contribution in [0.3, 0.4) is 0 Å². The lowest BCUT2D eigenvalue weighted by Crippen LogP contribution is -2.27. The zero-order chi connectivity index (χ0) is 25.8. The highest BCUT2D eigenvalue weighted by molar-refractivity contribution is 6.31. The Hall–Kier alpha value is -3.78. The summed E-state index contributed by atoms with van der Waals surface area (Å²) in [5.74, 6) is -1.87. The number of pyridine rings is 1. The number of amides is 2. The summed E-state index contributed by atoms with van der Waals surface area (Å²) in [6, 6.07) is 12.8. The summed E-state index contributed by atoms with van der Waals surface area (Å²) in [6.07, 6.45) is 0.396. The Morgan fingerprint density at radius 2 is 1.71 bits per heavy atom. The minimum absolute atomic E-state index is 0.0274. The van der Waals surface area contributed by atoms with Crippen LogP contribution in [0.2, 0.25) is 5.02 Å². The SMILES string of the molecule is Cc1ccc(-c2cccc(C(=O)CC(=O)Nc3cc(Cl)c(F)cc3NC(=O)OC(C)(C)C)c2)cn1. The summed E-state index contributed by atoms with van der Waals surface area (Å²) in [7, 11) is 0. The number of hydrogen-bond donors (Lipinski definition) is 2. The number of benzene rings is 2. The van der Waals surface area contributed by atoms with Gasteiger partial charge in [0.2, 0.25) is 5.91 Å². The molecule has 0 spiro atoms. The maximum Gasteiger partial charge on any atom is 0.412 e. The minimum atomic E-state index is -0.840. The van der Waals surface area contributed by atoms with Crippen LogP contribution < -0.4 is 10.6 Å². The first kappa shape index (κ1) is 25.8. The second-order valence-electron chi connectivity index (χ2n) is 8.86. The number of anilines is 2. The van der Waals surface area contributed by atoms with Crippen LogP contribution in [0, 0.1) is 12.7 Å². The number of ketones is 1. The van der Waals surface area contributed by atoms with Crippen molar-refractivity contribution in [3.05, 3.63) is 76.8 Å². The highest BCUT2D eigenvalue weighted by Gasteiger charge is 2.20. The van der Waals surface area contributed by atoms with Crippen LogP contribution in [0.25, 0.3) is 11.1 Å². The summed E-state index contributed by atoms with van der Waals surface area (Å²) in [4.78, 5) is 41.8. The maximum absolute atomic E-state index is 14.0. The van der Waals surface area contributed by atoms with E-state index in [1.165, 1.54) is 0 Å². The van der Waals surface area contributed by atoms with E-state index in [2.05, 4.69) is 15.6 Å². The number of rotatable bonds is 6. The van der Waals surface area contributed by atoms with Gasteiger partial charge in [0.25, 0.3) is 0 Å². The molecule has 7 nitrogen and oxygen atoms in total. The fraction of sp³-hybridized carbons (Fsp3) is 0.231. The zero-order valence-corrected chi connectivity index (χ0v) is 20.5. The van der Waals surface area contributed by atoms with E-state index in [9.17, 15) is 18.8 Å². The Balaban J connectivity index is 1.74. The van der Waals surface area contributed by atoms with Crippen LogP contribution in [0.1, 0.15) is 43.2 Å². The third kappa shape index (κ3) is 7.35. The smallest absolute Gasteiger partial charge is 0.412 e. The second-order valence-corrected chi connectivity index (χ2v) is 9.26. The van der Waals surface area contributed by atoms with Crippen LogP contribution in [-0.4, -0.2) is 28.4 Å². The van der Waals surface area contributed by atoms with Crippen LogP contribution in [0.5, 0.6) is 0 Å². The number of aromatic nitrogens is 1. The van der Waals surface area contributed by atoms with E-state index in [4.69, 9.17) is 16.3 Å². The summed E-state index contributed by atoms with van der Waals surface area (Å²) in [6.45, 7) is 6.90. The van der Waals surface area contributed by atoms with Crippen molar-refractivity contribution in [2.75, 3.05) is 10.6 Å². The Morgan fingerprint density at radius 1 is 1.00 bits per heavy atom. The van der Waals surface area contributed by atoms with Gasteiger partial charge >= 0.3 is 6.09 Å². The fourth-order valence-corrected chi connectivity index (χ4v) is 3.28. The second kappa shape index (κ2) is 10.7. The van der Waals surface area contributed by atoms with Crippen molar-refractivity contribution in [1.82, 2.24) is 4.98 Å². The molecule has 0 aliphatic heterocycles. The number of ether oxygens (including phenoxy) is 1. The number of Topliss-reactive ketones (excluding diaryl/α,β-unsaturated/α-hetero) is 1. The quantitative estimate of drug-likeness (QED) is 0.303. The number of nitrogens with one attached hydrogen (secondary N) is 2. The van der Waals surface area contributed by atoms with Crippen molar-refractivity contribution >= 4 is 40.8 Å². The van der Waals surface area contributed by atoms with E-state index in [0.29, 0.717) is 5.56 Å². The molecule has 0 bridgehead atoms. The topological polar surface area (TPSA) is 97.4 Å². The third-order valence-corrected chi connectivity index (χ3v) is 5.01. The first-order valence-electron chi connectivity index (χ1n) is 10.8. The molecule has 0 unspecified atom stereocenters. The van der Waals surface area contributed by atoms with E-state index in [1.807, 2.05) is 25.1 Å². The summed E-state index contributed by atoms with van der Waals surface area (Å²) in [5.41, 5.74) is 2.04. The monoisotopic (exact) mass is 497 g/mol.